The number of carbonyl (C=O) groups is 1. The first-order valence-electron chi connectivity index (χ1n) is 5.49. The summed E-state index contributed by atoms with van der Waals surface area (Å²) in [5, 5.41) is 10.4. The number of phenolic OH excluding ortho intramolecular Hbond substituents is 1. The van der Waals surface area contributed by atoms with Crippen LogP contribution in [0.25, 0.3) is 10.9 Å². The molecule has 2 rings (SSSR count). The molecule has 0 aliphatic rings. The van der Waals surface area contributed by atoms with Crippen molar-refractivity contribution in [2.24, 2.45) is 5.73 Å². The molecule has 0 bridgehead atoms. The number of Topliss-reactive ketones (excluding diaryl/α,β-unsaturated/α-hetero) is 1. The molecule has 0 radical (unpaired) electrons. The molecule has 0 saturated heterocycles. The Morgan fingerprint density at radius 3 is 2.88 bits per heavy atom. The topological polar surface area (TPSA) is 79.1 Å². The lowest BCUT2D eigenvalue weighted by molar-refractivity contribution is -0.121. The first-order valence-corrected chi connectivity index (χ1v) is 5.49. The quantitative estimate of drug-likeness (QED) is 0.754. The molecule has 2 aromatic rings. The highest BCUT2D eigenvalue weighted by Crippen LogP contribution is 2.25. The summed E-state index contributed by atoms with van der Waals surface area (Å²) in [6.45, 7) is 3.21. The molecule has 0 aliphatic heterocycles. The number of hydrogen-bond acceptors (Lipinski definition) is 3. The van der Waals surface area contributed by atoms with Gasteiger partial charge in [-0.2, -0.15) is 0 Å². The molecule has 1 aromatic carbocycles. The fourth-order valence-electron chi connectivity index (χ4n) is 1.83. The standard InChI is InChI=1S/C13H16N2O2/c1-8(16)13(2,14)6-9-7-15-12-4-3-10(17)5-11(9)12/h3-5,7,15,17H,6,14H2,1-2H3. The van der Waals surface area contributed by atoms with Crippen molar-refractivity contribution < 1.29 is 9.90 Å². The highest BCUT2D eigenvalue weighted by molar-refractivity contribution is 5.88. The monoisotopic (exact) mass is 232 g/mol. The summed E-state index contributed by atoms with van der Waals surface area (Å²) in [4.78, 5) is 14.5. The van der Waals surface area contributed by atoms with Gasteiger partial charge in [0.2, 0.25) is 0 Å². The number of benzene rings is 1. The average molecular weight is 232 g/mol. The predicted molar refractivity (Wildman–Crippen MR) is 66.9 cm³/mol. The second-order valence-electron chi connectivity index (χ2n) is 4.69. The van der Waals surface area contributed by atoms with E-state index in [1.54, 1.807) is 25.1 Å². The number of H-pyrrole nitrogens is 1. The Hall–Kier alpha value is -1.81. The zero-order valence-electron chi connectivity index (χ0n) is 9.95. The summed E-state index contributed by atoms with van der Waals surface area (Å²) in [5.74, 6) is 0.159. The lowest BCUT2D eigenvalue weighted by atomic mass is 9.90. The van der Waals surface area contributed by atoms with E-state index in [1.165, 1.54) is 6.92 Å². The molecular formula is C13H16N2O2. The Balaban J connectivity index is 2.43. The summed E-state index contributed by atoms with van der Waals surface area (Å²) < 4.78 is 0. The van der Waals surface area contributed by atoms with Gasteiger partial charge >= 0.3 is 0 Å². The zero-order chi connectivity index (χ0) is 12.6. The first-order chi connectivity index (χ1) is 7.90. The fourth-order valence-corrected chi connectivity index (χ4v) is 1.83. The number of hydrogen-bond donors (Lipinski definition) is 3. The van der Waals surface area contributed by atoms with Gasteiger partial charge < -0.3 is 15.8 Å². The number of fused-ring (bicyclic) bond motifs is 1. The number of rotatable bonds is 3. The highest BCUT2D eigenvalue weighted by Gasteiger charge is 2.25. The van der Waals surface area contributed by atoms with Gasteiger partial charge in [0.1, 0.15) is 11.5 Å². The van der Waals surface area contributed by atoms with Crippen molar-refractivity contribution in [3.8, 4) is 5.75 Å². The van der Waals surface area contributed by atoms with Crippen LogP contribution in [0.3, 0.4) is 0 Å². The molecule has 1 unspecified atom stereocenters. The normalized spacial score (nSPS) is 14.8. The first kappa shape index (κ1) is 11.7. The molecule has 4 heteroatoms. The Labute approximate surface area is 99.4 Å². The number of ketones is 1. The largest absolute Gasteiger partial charge is 0.508 e. The van der Waals surface area contributed by atoms with E-state index in [9.17, 15) is 9.90 Å². The molecule has 0 aliphatic carbocycles. The van der Waals surface area contributed by atoms with Crippen molar-refractivity contribution in [3.05, 3.63) is 30.0 Å². The van der Waals surface area contributed by atoms with E-state index in [4.69, 9.17) is 5.73 Å². The second kappa shape index (κ2) is 3.89. The maximum Gasteiger partial charge on any atom is 0.149 e. The van der Waals surface area contributed by atoms with Gasteiger partial charge in [-0.15, -0.1) is 0 Å². The number of aromatic hydroxyl groups is 1. The molecule has 1 aromatic heterocycles. The van der Waals surface area contributed by atoms with E-state index in [2.05, 4.69) is 4.98 Å². The van der Waals surface area contributed by atoms with Crippen molar-refractivity contribution in [1.29, 1.82) is 0 Å². The van der Waals surface area contributed by atoms with Gasteiger partial charge in [-0.3, -0.25) is 4.79 Å². The van der Waals surface area contributed by atoms with E-state index in [0.717, 1.165) is 16.5 Å². The van der Waals surface area contributed by atoms with Crippen molar-refractivity contribution in [2.75, 3.05) is 0 Å². The summed E-state index contributed by atoms with van der Waals surface area (Å²) >= 11 is 0. The van der Waals surface area contributed by atoms with Crippen LogP contribution in [0.5, 0.6) is 5.75 Å². The fraction of sp³-hybridized carbons (Fsp3) is 0.308. The Morgan fingerprint density at radius 1 is 1.53 bits per heavy atom. The summed E-state index contributed by atoms with van der Waals surface area (Å²) in [6.07, 6.45) is 2.28. The molecule has 1 atom stereocenters. The van der Waals surface area contributed by atoms with Gasteiger partial charge in [-0.25, -0.2) is 0 Å². The minimum Gasteiger partial charge on any atom is -0.508 e. The van der Waals surface area contributed by atoms with Crippen LogP contribution in [0.15, 0.2) is 24.4 Å². The Bertz CT molecular complexity index is 570. The molecule has 4 N–H and O–H groups in total. The molecule has 1 heterocycles. The summed E-state index contributed by atoms with van der Waals surface area (Å²) in [6, 6.07) is 5.10. The van der Waals surface area contributed by atoms with Crippen LogP contribution in [-0.2, 0) is 11.2 Å². The highest BCUT2D eigenvalue weighted by atomic mass is 16.3. The minimum atomic E-state index is -0.874. The van der Waals surface area contributed by atoms with Gasteiger partial charge in [0.15, 0.2) is 0 Å². The molecular weight excluding hydrogens is 216 g/mol. The van der Waals surface area contributed by atoms with Crippen LogP contribution in [-0.4, -0.2) is 21.4 Å². The second-order valence-corrected chi connectivity index (χ2v) is 4.69. The van der Waals surface area contributed by atoms with Gasteiger partial charge in [0.25, 0.3) is 0 Å². The van der Waals surface area contributed by atoms with Crippen molar-refractivity contribution >= 4 is 16.7 Å². The summed E-state index contributed by atoms with van der Waals surface area (Å²) in [7, 11) is 0. The van der Waals surface area contributed by atoms with E-state index in [1.807, 2.05) is 6.20 Å². The predicted octanol–water partition coefficient (Wildman–Crippen LogP) is 1.72. The number of nitrogens with two attached hydrogens (primary N) is 1. The molecule has 0 amide bonds. The third-order valence-corrected chi connectivity index (χ3v) is 3.11. The van der Waals surface area contributed by atoms with Gasteiger partial charge in [0, 0.05) is 17.1 Å². The molecule has 90 valence electrons. The van der Waals surface area contributed by atoms with Crippen LogP contribution >= 0.6 is 0 Å². The van der Waals surface area contributed by atoms with Crippen molar-refractivity contribution in [2.45, 2.75) is 25.8 Å². The molecule has 0 spiro atoms. The number of aromatic nitrogens is 1. The van der Waals surface area contributed by atoms with Gasteiger partial charge in [-0.1, -0.05) is 0 Å². The minimum absolute atomic E-state index is 0.0491. The van der Waals surface area contributed by atoms with Crippen molar-refractivity contribution in [3.63, 3.8) is 0 Å². The van der Waals surface area contributed by atoms with Crippen LogP contribution in [0.4, 0.5) is 0 Å². The number of phenols is 1. The molecule has 0 fully saturated rings. The maximum absolute atomic E-state index is 11.4. The number of aromatic amines is 1. The Morgan fingerprint density at radius 2 is 2.24 bits per heavy atom. The van der Waals surface area contributed by atoms with Crippen LogP contribution in [0.1, 0.15) is 19.4 Å². The van der Waals surface area contributed by atoms with E-state index in [0.29, 0.717) is 6.42 Å². The van der Waals surface area contributed by atoms with Crippen LogP contribution < -0.4 is 5.73 Å². The average Bonchev–Trinajstić information content (AvgIpc) is 2.60. The zero-order valence-corrected chi connectivity index (χ0v) is 9.95. The smallest absolute Gasteiger partial charge is 0.149 e. The maximum atomic E-state index is 11.4. The van der Waals surface area contributed by atoms with Crippen LogP contribution in [0, 0.1) is 0 Å². The molecule has 0 saturated carbocycles. The Kier molecular flexibility index (Phi) is 2.67. The number of carbonyl (C=O) groups excluding carboxylic acids is 1. The third kappa shape index (κ3) is 2.17. The van der Waals surface area contributed by atoms with Gasteiger partial charge in [0.05, 0.1) is 5.54 Å². The van der Waals surface area contributed by atoms with Crippen LogP contribution in [0.2, 0.25) is 0 Å². The van der Waals surface area contributed by atoms with Gasteiger partial charge in [-0.05, 0) is 44.0 Å². The van der Waals surface area contributed by atoms with E-state index >= 15 is 0 Å². The SMILES string of the molecule is CC(=O)C(C)(N)Cc1c[nH]c2ccc(O)cc12. The lowest BCUT2D eigenvalue weighted by Crippen LogP contribution is -2.45. The molecule has 4 nitrogen and oxygen atoms in total. The summed E-state index contributed by atoms with van der Waals surface area (Å²) in [5.41, 5.74) is 6.95. The number of nitrogens with one attached hydrogen (secondary N) is 1. The lowest BCUT2D eigenvalue weighted by Gasteiger charge is -2.20. The van der Waals surface area contributed by atoms with E-state index in [-0.39, 0.29) is 11.5 Å². The molecule has 17 heavy (non-hydrogen) atoms. The third-order valence-electron chi connectivity index (χ3n) is 3.11. The van der Waals surface area contributed by atoms with E-state index < -0.39 is 5.54 Å². The van der Waals surface area contributed by atoms with Crippen molar-refractivity contribution in [1.82, 2.24) is 4.98 Å².